The zero-order valence-corrected chi connectivity index (χ0v) is 16.6. The van der Waals surface area contributed by atoms with E-state index in [-0.39, 0.29) is 23.9 Å². The van der Waals surface area contributed by atoms with Gasteiger partial charge in [0.15, 0.2) is 0 Å². The van der Waals surface area contributed by atoms with Crippen molar-refractivity contribution in [1.29, 1.82) is 0 Å². The largest absolute Gasteiger partial charge is 0.407 e. The van der Waals surface area contributed by atoms with E-state index in [0.29, 0.717) is 15.1 Å². The molecule has 1 aromatic heterocycles. The molecule has 172 valence electrons. The molecular formula is C22H14F7N3O. The number of rotatable bonds is 3. The standard InChI is InChI=1S/C22H14F7N3O/c23-16-9-14(5-6-20(7-8-20)22(27,28)29)10-17(11-16)31(13-21(24,25)26)32-18-4-2-1-3-15(18)12-30-19(32)33/h1-4,9-12H,7-8,13H2. The lowest BCUT2D eigenvalue weighted by Crippen LogP contribution is -2.45. The smallest absolute Gasteiger partial charge is 0.268 e. The Kier molecular flexibility index (Phi) is 5.35. The molecule has 0 aliphatic heterocycles. The maximum Gasteiger partial charge on any atom is 0.407 e. The fourth-order valence-electron chi connectivity index (χ4n) is 3.34. The van der Waals surface area contributed by atoms with Crippen LogP contribution in [-0.2, 0) is 0 Å². The molecule has 0 atom stereocenters. The number of benzene rings is 2. The Balaban J connectivity index is 1.86. The summed E-state index contributed by atoms with van der Waals surface area (Å²) in [4.78, 5) is 16.1. The predicted molar refractivity (Wildman–Crippen MR) is 106 cm³/mol. The highest BCUT2D eigenvalue weighted by Gasteiger charge is 2.62. The number of nitrogens with zero attached hydrogens (tertiary/aromatic N) is 3. The Hall–Kier alpha value is -3.55. The van der Waals surface area contributed by atoms with E-state index in [2.05, 4.69) is 16.8 Å². The molecule has 1 fully saturated rings. The predicted octanol–water partition coefficient (Wildman–Crippen LogP) is 5.06. The molecule has 11 heteroatoms. The molecule has 0 saturated heterocycles. The van der Waals surface area contributed by atoms with Crippen LogP contribution in [-0.4, -0.2) is 28.6 Å². The topological polar surface area (TPSA) is 38.1 Å². The average molecular weight is 469 g/mol. The van der Waals surface area contributed by atoms with Crippen LogP contribution in [0.2, 0.25) is 0 Å². The van der Waals surface area contributed by atoms with E-state index in [4.69, 9.17) is 0 Å². The van der Waals surface area contributed by atoms with E-state index in [1.165, 1.54) is 24.4 Å². The van der Waals surface area contributed by atoms with Crippen molar-refractivity contribution >= 4 is 16.6 Å². The highest BCUT2D eigenvalue weighted by Crippen LogP contribution is 2.57. The second-order valence-electron chi connectivity index (χ2n) is 7.61. The Bertz CT molecular complexity index is 1330. The molecule has 1 aliphatic carbocycles. The first kappa shape index (κ1) is 22.6. The van der Waals surface area contributed by atoms with Gasteiger partial charge >= 0.3 is 18.0 Å². The first-order valence-electron chi connectivity index (χ1n) is 9.60. The molecule has 1 aliphatic rings. The summed E-state index contributed by atoms with van der Waals surface area (Å²) in [7, 11) is 0. The normalized spacial score (nSPS) is 15.1. The van der Waals surface area contributed by atoms with Gasteiger partial charge in [-0.1, -0.05) is 30.0 Å². The zero-order chi connectivity index (χ0) is 24.0. The molecule has 4 rings (SSSR count). The van der Waals surface area contributed by atoms with Gasteiger partial charge in [0.1, 0.15) is 17.8 Å². The molecule has 1 saturated carbocycles. The second-order valence-corrected chi connectivity index (χ2v) is 7.61. The van der Waals surface area contributed by atoms with Crippen molar-refractivity contribution in [2.45, 2.75) is 25.2 Å². The van der Waals surface area contributed by atoms with Gasteiger partial charge < -0.3 is 0 Å². The van der Waals surface area contributed by atoms with Crippen molar-refractivity contribution in [3.63, 3.8) is 0 Å². The molecule has 0 amide bonds. The quantitative estimate of drug-likeness (QED) is 0.398. The van der Waals surface area contributed by atoms with Crippen LogP contribution in [0.15, 0.2) is 53.5 Å². The van der Waals surface area contributed by atoms with Crippen molar-refractivity contribution < 1.29 is 30.7 Å². The lowest BCUT2D eigenvalue weighted by molar-refractivity contribution is -0.168. The molecule has 0 spiro atoms. The summed E-state index contributed by atoms with van der Waals surface area (Å²) in [6.07, 6.45) is -8.61. The minimum absolute atomic E-state index is 0.0765. The monoisotopic (exact) mass is 469 g/mol. The maximum atomic E-state index is 14.3. The molecule has 3 aromatic rings. The summed E-state index contributed by atoms with van der Waals surface area (Å²) in [6, 6.07) is 8.57. The van der Waals surface area contributed by atoms with Crippen molar-refractivity contribution in [2.24, 2.45) is 5.41 Å². The van der Waals surface area contributed by atoms with Crippen LogP contribution in [0.5, 0.6) is 0 Å². The molecule has 0 bridgehead atoms. The molecule has 33 heavy (non-hydrogen) atoms. The van der Waals surface area contributed by atoms with E-state index in [0.717, 1.165) is 18.2 Å². The molecule has 2 aromatic carbocycles. The van der Waals surface area contributed by atoms with Gasteiger partial charge in [0.05, 0.1) is 11.2 Å². The van der Waals surface area contributed by atoms with E-state index >= 15 is 0 Å². The third-order valence-electron chi connectivity index (χ3n) is 5.15. The number of anilines is 1. The van der Waals surface area contributed by atoms with Crippen LogP contribution >= 0.6 is 0 Å². The van der Waals surface area contributed by atoms with Crippen LogP contribution in [0.4, 0.5) is 36.4 Å². The molecular weight excluding hydrogens is 455 g/mol. The number of alkyl halides is 6. The molecule has 1 heterocycles. The number of halogens is 7. The van der Waals surface area contributed by atoms with Gasteiger partial charge in [-0.25, -0.2) is 9.18 Å². The highest BCUT2D eigenvalue weighted by molar-refractivity contribution is 5.78. The fourth-order valence-corrected chi connectivity index (χ4v) is 3.34. The van der Waals surface area contributed by atoms with Gasteiger partial charge in [0.25, 0.3) is 0 Å². The Morgan fingerprint density at radius 1 is 1.06 bits per heavy atom. The summed E-state index contributed by atoms with van der Waals surface area (Å²) in [5, 5.41) is 0.823. The summed E-state index contributed by atoms with van der Waals surface area (Å²) in [5.41, 5.74) is -3.85. The second kappa shape index (κ2) is 7.79. The van der Waals surface area contributed by atoms with Crippen molar-refractivity contribution in [2.75, 3.05) is 11.6 Å². The lowest BCUT2D eigenvalue weighted by Gasteiger charge is -2.28. The van der Waals surface area contributed by atoms with Crippen LogP contribution in [0.25, 0.3) is 10.9 Å². The van der Waals surface area contributed by atoms with Crippen LogP contribution in [0.1, 0.15) is 18.4 Å². The lowest BCUT2D eigenvalue weighted by atomic mass is 10.1. The summed E-state index contributed by atoms with van der Waals surface area (Å²) < 4.78 is 94.6. The molecule has 0 N–H and O–H groups in total. The number of hydrogen-bond donors (Lipinski definition) is 0. The minimum atomic E-state index is -4.82. The number of hydrogen-bond acceptors (Lipinski definition) is 3. The summed E-state index contributed by atoms with van der Waals surface area (Å²) in [5.74, 6) is 3.29. The first-order valence-corrected chi connectivity index (χ1v) is 9.60. The number of para-hydroxylation sites is 1. The van der Waals surface area contributed by atoms with Gasteiger partial charge in [-0.05, 0) is 37.1 Å². The highest BCUT2D eigenvalue weighted by atomic mass is 19.4. The van der Waals surface area contributed by atoms with E-state index < -0.39 is 41.5 Å². The van der Waals surface area contributed by atoms with Crippen LogP contribution in [0, 0.1) is 23.1 Å². The third kappa shape index (κ3) is 4.65. The van der Waals surface area contributed by atoms with Gasteiger partial charge in [0, 0.05) is 17.1 Å². The number of aromatic nitrogens is 2. The fraction of sp³-hybridized carbons (Fsp3) is 0.273. The average Bonchev–Trinajstić information content (AvgIpc) is 3.51. The summed E-state index contributed by atoms with van der Waals surface area (Å²) >= 11 is 0. The number of fused-ring (bicyclic) bond motifs is 1. The Morgan fingerprint density at radius 3 is 2.39 bits per heavy atom. The van der Waals surface area contributed by atoms with Crippen molar-refractivity contribution in [1.82, 2.24) is 9.66 Å². The van der Waals surface area contributed by atoms with E-state index in [1.807, 2.05) is 0 Å². The third-order valence-corrected chi connectivity index (χ3v) is 5.15. The van der Waals surface area contributed by atoms with Gasteiger partial charge in [-0.3, -0.25) is 5.01 Å². The van der Waals surface area contributed by atoms with E-state index in [1.54, 1.807) is 6.07 Å². The first-order chi connectivity index (χ1) is 15.4. The minimum Gasteiger partial charge on any atom is -0.268 e. The van der Waals surface area contributed by atoms with Gasteiger partial charge in [-0.2, -0.15) is 36.0 Å². The summed E-state index contributed by atoms with van der Waals surface area (Å²) in [6.45, 7) is -1.69. The molecule has 4 nitrogen and oxygen atoms in total. The van der Waals surface area contributed by atoms with Gasteiger partial charge in [-0.15, -0.1) is 0 Å². The van der Waals surface area contributed by atoms with E-state index in [9.17, 15) is 35.5 Å². The van der Waals surface area contributed by atoms with Crippen LogP contribution in [0.3, 0.4) is 0 Å². The van der Waals surface area contributed by atoms with Crippen molar-refractivity contribution in [3.8, 4) is 11.8 Å². The Morgan fingerprint density at radius 2 is 1.76 bits per heavy atom. The molecule has 0 unspecified atom stereocenters. The van der Waals surface area contributed by atoms with Crippen molar-refractivity contribution in [3.05, 3.63) is 70.5 Å². The molecule has 0 radical (unpaired) electrons. The van der Waals surface area contributed by atoms with Gasteiger partial charge in [0.2, 0.25) is 0 Å². The zero-order valence-electron chi connectivity index (χ0n) is 16.6. The van der Waals surface area contributed by atoms with Crippen LogP contribution < -0.4 is 10.7 Å². The SMILES string of the molecule is O=c1ncc2ccccc2n1N(CC(F)(F)F)c1cc(F)cc(C#CC2(C(F)(F)F)CC2)c1. The Labute approximate surface area is 182 Å². The maximum absolute atomic E-state index is 14.3.